The summed E-state index contributed by atoms with van der Waals surface area (Å²) in [6, 6.07) is 18.8. The number of hydrogen-bond donors (Lipinski definition) is 1. The van der Waals surface area contributed by atoms with Gasteiger partial charge in [0, 0.05) is 15.5 Å². The molecule has 0 heterocycles. The molecule has 2 aromatic carbocycles. The molecule has 0 fully saturated rings. The minimum absolute atomic E-state index is 0.803. The van der Waals surface area contributed by atoms with Crippen LogP contribution in [0.2, 0.25) is 0 Å². The summed E-state index contributed by atoms with van der Waals surface area (Å²) in [5, 5.41) is 0. The maximum Gasteiger partial charge on any atom is 0.0325 e. The number of rotatable bonds is 2. The highest BCUT2D eigenvalue weighted by atomic mass is 32.2. The van der Waals surface area contributed by atoms with Crippen LogP contribution in [0.4, 0.5) is 5.69 Å². The molecule has 0 aliphatic rings. The van der Waals surface area contributed by atoms with Crippen LogP contribution in [0.15, 0.2) is 58.3 Å². The van der Waals surface area contributed by atoms with E-state index in [-0.39, 0.29) is 0 Å². The van der Waals surface area contributed by atoms with E-state index in [1.54, 1.807) is 11.8 Å². The van der Waals surface area contributed by atoms with Gasteiger partial charge in [-0.3, -0.25) is 0 Å². The van der Waals surface area contributed by atoms with Gasteiger partial charge in [0.05, 0.1) is 0 Å². The van der Waals surface area contributed by atoms with Crippen molar-refractivity contribution in [1.82, 2.24) is 0 Å². The van der Waals surface area contributed by atoms with E-state index >= 15 is 0 Å². The lowest BCUT2D eigenvalue weighted by molar-refractivity contribution is 1.41. The fourth-order valence-corrected chi connectivity index (χ4v) is 2.04. The smallest absolute Gasteiger partial charge is 0.0325 e. The van der Waals surface area contributed by atoms with Crippen molar-refractivity contribution in [3.8, 4) is 0 Å². The van der Waals surface area contributed by atoms with Gasteiger partial charge in [-0.25, -0.2) is 0 Å². The third-order valence-electron chi connectivity index (χ3n) is 1.78. The number of nitrogens with two attached hydrogens (primary N) is 1. The predicted molar refractivity (Wildman–Crippen MR) is 60.3 cm³/mol. The van der Waals surface area contributed by atoms with E-state index in [0.717, 1.165) is 10.6 Å². The molecule has 0 aliphatic carbocycles. The standard InChI is InChI=1S/C12H10NS/c13-10-5-4-8-12(9-10)14-11-6-2-1-3-7-11/h2-9H,13H2. The molecule has 2 aromatic rings. The van der Waals surface area contributed by atoms with Gasteiger partial charge in [0.2, 0.25) is 0 Å². The molecule has 0 aliphatic heterocycles. The Balaban J connectivity index is 2.19. The van der Waals surface area contributed by atoms with E-state index in [2.05, 4.69) is 12.1 Å². The van der Waals surface area contributed by atoms with Gasteiger partial charge in [0.25, 0.3) is 0 Å². The molecule has 0 aromatic heterocycles. The third-order valence-corrected chi connectivity index (χ3v) is 2.78. The van der Waals surface area contributed by atoms with Crippen LogP contribution in [0.5, 0.6) is 0 Å². The summed E-state index contributed by atoms with van der Waals surface area (Å²) in [5.74, 6) is 0. The quantitative estimate of drug-likeness (QED) is 0.753. The van der Waals surface area contributed by atoms with Crippen LogP contribution in [0.25, 0.3) is 0 Å². The van der Waals surface area contributed by atoms with Gasteiger partial charge >= 0.3 is 0 Å². The average Bonchev–Trinajstić information content (AvgIpc) is 2.19. The Labute approximate surface area is 88.0 Å². The molecule has 0 bridgehead atoms. The highest BCUT2D eigenvalue weighted by Gasteiger charge is 1.95. The average molecular weight is 200 g/mol. The molecule has 0 amide bonds. The van der Waals surface area contributed by atoms with Gasteiger partial charge in [-0.15, -0.1) is 0 Å². The first-order chi connectivity index (χ1) is 6.84. The lowest BCUT2D eigenvalue weighted by Gasteiger charge is -2.01. The largest absolute Gasteiger partial charge is 0.399 e. The van der Waals surface area contributed by atoms with Gasteiger partial charge in [-0.05, 0) is 36.4 Å². The summed E-state index contributed by atoms with van der Waals surface area (Å²) in [4.78, 5) is 2.37. The molecular formula is C12H10NS. The molecule has 2 rings (SSSR count). The SMILES string of the molecule is Nc1cccc(Sc2cc[c]cc2)c1. The van der Waals surface area contributed by atoms with Crippen LogP contribution in [-0.2, 0) is 0 Å². The van der Waals surface area contributed by atoms with Crippen LogP contribution < -0.4 is 5.73 Å². The Kier molecular flexibility index (Phi) is 2.75. The first-order valence-electron chi connectivity index (χ1n) is 4.34. The summed E-state index contributed by atoms with van der Waals surface area (Å²) in [7, 11) is 0. The molecule has 1 nitrogen and oxygen atoms in total. The van der Waals surface area contributed by atoms with E-state index in [9.17, 15) is 0 Å². The zero-order chi connectivity index (χ0) is 9.80. The Hall–Kier alpha value is -1.41. The number of nitrogen functional groups attached to an aromatic ring is 1. The lowest BCUT2D eigenvalue weighted by atomic mass is 10.3. The second-order valence-electron chi connectivity index (χ2n) is 2.91. The molecule has 69 valence electrons. The fraction of sp³-hybridized carbons (Fsp3) is 0. The molecule has 0 atom stereocenters. The Morgan fingerprint density at radius 2 is 1.79 bits per heavy atom. The summed E-state index contributed by atoms with van der Waals surface area (Å²) >= 11 is 1.70. The molecule has 2 N–H and O–H groups in total. The van der Waals surface area contributed by atoms with E-state index in [1.165, 1.54) is 4.90 Å². The second kappa shape index (κ2) is 4.20. The van der Waals surface area contributed by atoms with Crippen LogP contribution in [0, 0.1) is 6.07 Å². The minimum Gasteiger partial charge on any atom is -0.399 e. The molecular weight excluding hydrogens is 190 g/mol. The summed E-state index contributed by atoms with van der Waals surface area (Å²) in [6.07, 6.45) is 0. The van der Waals surface area contributed by atoms with E-state index in [4.69, 9.17) is 5.73 Å². The highest BCUT2D eigenvalue weighted by Crippen LogP contribution is 2.27. The summed E-state index contributed by atoms with van der Waals surface area (Å²) in [6.45, 7) is 0. The van der Waals surface area contributed by atoms with Gasteiger partial charge < -0.3 is 5.73 Å². The predicted octanol–water partition coefficient (Wildman–Crippen LogP) is 3.22. The Bertz CT molecular complexity index is 412. The van der Waals surface area contributed by atoms with E-state index in [0.29, 0.717) is 0 Å². The number of anilines is 1. The molecule has 14 heavy (non-hydrogen) atoms. The van der Waals surface area contributed by atoms with Crippen molar-refractivity contribution < 1.29 is 0 Å². The van der Waals surface area contributed by atoms with Crippen molar-refractivity contribution in [3.63, 3.8) is 0 Å². The maximum absolute atomic E-state index is 5.69. The van der Waals surface area contributed by atoms with Gasteiger partial charge in [0.15, 0.2) is 0 Å². The van der Waals surface area contributed by atoms with Gasteiger partial charge in [-0.1, -0.05) is 30.0 Å². The van der Waals surface area contributed by atoms with Crippen molar-refractivity contribution in [2.45, 2.75) is 9.79 Å². The topological polar surface area (TPSA) is 26.0 Å². The molecule has 0 unspecified atom stereocenters. The zero-order valence-corrected chi connectivity index (χ0v) is 8.42. The molecule has 0 spiro atoms. The van der Waals surface area contributed by atoms with Crippen molar-refractivity contribution in [1.29, 1.82) is 0 Å². The van der Waals surface area contributed by atoms with Crippen LogP contribution in [0.1, 0.15) is 0 Å². The van der Waals surface area contributed by atoms with E-state index in [1.807, 2.05) is 42.5 Å². The first kappa shape index (κ1) is 9.16. The Morgan fingerprint density at radius 3 is 2.50 bits per heavy atom. The van der Waals surface area contributed by atoms with Crippen molar-refractivity contribution in [2.75, 3.05) is 5.73 Å². The van der Waals surface area contributed by atoms with Crippen LogP contribution >= 0.6 is 11.8 Å². The van der Waals surface area contributed by atoms with Crippen LogP contribution in [-0.4, -0.2) is 0 Å². The highest BCUT2D eigenvalue weighted by molar-refractivity contribution is 7.99. The molecule has 0 saturated heterocycles. The van der Waals surface area contributed by atoms with Gasteiger partial charge in [0.1, 0.15) is 0 Å². The fourth-order valence-electron chi connectivity index (χ4n) is 1.15. The van der Waals surface area contributed by atoms with Crippen LogP contribution in [0.3, 0.4) is 0 Å². The number of benzene rings is 2. The second-order valence-corrected chi connectivity index (χ2v) is 4.06. The normalized spacial score (nSPS) is 10.0. The Morgan fingerprint density at radius 1 is 1.00 bits per heavy atom. The lowest BCUT2D eigenvalue weighted by Crippen LogP contribution is -1.83. The molecule has 0 saturated carbocycles. The molecule has 2 heteroatoms. The van der Waals surface area contributed by atoms with E-state index < -0.39 is 0 Å². The zero-order valence-electron chi connectivity index (χ0n) is 7.60. The van der Waals surface area contributed by atoms with Crippen molar-refractivity contribution in [3.05, 3.63) is 54.6 Å². The third kappa shape index (κ3) is 2.30. The first-order valence-corrected chi connectivity index (χ1v) is 5.16. The number of hydrogen-bond acceptors (Lipinski definition) is 2. The van der Waals surface area contributed by atoms with Crippen molar-refractivity contribution >= 4 is 17.4 Å². The minimum atomic E-state index is 0.803. The van der Waals surface area contributed by atoms with Crippen molar-refractivity contribution in [2.24, 2.45) is 0 Å². The maximum atomic E-state index is 5.69. The van der Waals surface area contributed by atoms with Gasteiger partial charge in [-0.2, -0.15) is 0 Å². The molecule has 1 radical (unpaired) electrons. The summed E-state index contributed by atoms with van der Waals surface area (Å²) < 4.78 is 0. The summed E-state index contributed by atoms with van der Waals surface area (Å²) in [5.41, 5.74) is 6.50. The monoisotopic (exact) mass is 200 g/mol.